The van der Waals surface area contributed by atoms with E-state index < -0.39 is 10.0 Å². The van der Waals surface area contributed by atoms with Gasteiger partial charge < -0.3 is 5.32 Å². The van der Waals surface area contributed by atoms with Crippen molar-refractivity contribution < 1.29 is 8.42 Å². The van der Waals surface area contributed by atoms with Crippen molar-refractivity contribution in [1.82, 2.24) is 10.0 Å². The van der Waals surface area contributed by atoms with Gasteiger partial charge in [0.05, 0.1) is 4.90 Å². The second-order valence-electron chi connectivity index (χ2n) is 4.86. The molecule has 1 saturated carbocycles. The Morgan fingerprint density at radius 1 is 1.25 bits per heavy atom. The molecule has 0 radical (unpaired) electrons. The van der Waals surface area contributed by atoms with Crippen molar-refractivity contribution in [3.05, 3.63) is 38.7 Å². The summed E-state index contributed by atoms with van der Waals surface area (Å²) in [5, 5.41) is 8.98. The molecule has 0 aliphatic heterocycles. The van der Waals surface area contributed by atoms with Crippen LogP contribution >= 0.6 is 22.7 Å². The van der Waals surface area contributed by atoms with Crippen molar-refractivity contribution in [2.45, 2.75) is 36.9 Å². The molecule has 0 atom stereocenters. The van der Waals surface area contributed by atoms with Crippen molar-refractivity contribution in [3.8, 4) is 0 Å². The van der Waals surface area contributed by atoms with Gasteiger partial charge in [0, 0.05) is 29.4 Å². The lowest BCUT2D eigenvalue weighted by molar-refractivity contribution is 0.581. The van der Waals surface area contributed by atoms with Crippen LogP contribution in [0.1, 0.15) is 23.3 Å². The van der Waals surface area contributed by atoms with Gasteiger partial charge in [0.2, 0.25) is 10.0 Å². The molecule has 3 rings (SSSR count). The Hall–Kier alpha value is -0.730. The molecule has 108 valence electrons. The summed E-state index contributed by atoms with van der Waals surface area (Å²) in [5.74, 6) is 0. The number of hydrogen-bond acceptors (Lipinski definition) is 5. The van der Waals surface area contributed by atoms with Gasteiger partial charge in [-0.15, -0.1) is 11.3 Å². The largest absolute Gasteiger partial charge is 0.309 e. The molecule has 2 aromatic heterocycles. The third kappa shape index (κ3) is 3.67. The topological polar surface area (TPSA) is 58.2 Å². The summed E-state index contributed by atoms with van der Waals surface area (Å²) in [5.41, 5.74) is 0.990. The van der Waals surface area contributed by atoms with Crippen LogP contribution in [0.25, 0.3) is 0 Å². The minimum Gasteiger partial charge on any atom is -0.309 e. The van der Waals surface area contributed by atoms with Gasteiger partial charge >= 0.3 is 0 Å². The summed E-state index contributed by atoms with van der Waals surface area (Å²) in [7, 11) is -3.40. The zero-order chi connectivity index (χ0) is 14.0. The van der Waals surface area contributed by atoms with Crippen molar-refractivity contribution in [2.24, 2.45) is 0 Å². The molecule has 20 heavy (non-hydrogen) atoms. The highest BCUT2D eigenvalue weighted by atomic mass is 32.2. The minimum absolute atomic E-state index is 0.345. The van der Waals surface area contributed by atoms with Crippen molar-refractivity contribution in [2.75, 3.05) is 0 Å². The number of rotatable bonds is 7. The fourth-order valence-electron chi connectivity index (χ4n) is 1.78. The third-order valence-electron chi connectivity index (χ3n) is 3.13. The molecule has 0 aromatic carbocycles. The Morgan fingerprint density at radius 2 is 2.10 bits per heavy atom. The predicted octanol–water partition coefficient (Wildman–Crippen LogP) is 2.54. The maximum atomic E-state index is 12.2. The Morgan fingerprint density at radius 3 is 2.80 bits per heavy atom. The van der Waals surface area contributed by atoms with Crippen LogP contribution in [0, 0.1) is 0 Å². The fraction of sp³-hybridized carbons (Fsp3) is 0.385. The van der Waals surface area contributed by atoms with Crippen LogP contribution < -0.4 is 10.0 Å². The zero-order valence-electron chi connectivity index (χ0n) is 10.8. The molecule has 0 bridgehead atoms. The first-order valence-electron chi connectivity index (χ1n) is 6.45. The normalized spacial score (nSPS) is 15.6. The molecule has 2 heterocycles. The summed E-state index contributed by atoms with van der Waals surface area (Å²) >= 11 is 3.05. The molecule has 0 unspecified atom stereocenters. The SMILES string of the molecule is O=S(=O)(NCc1ccsc1)c1csc(CNC2CC2)c1. The molecule has 1 aliphatic carbocycles. The quantitative estimate of drug-likeness (QED) is 0.821. The summed E-state index contributed by atoms with van der Waals surface area (Å²) in [6, 6.07) is 4.32. The summed E-state index contributed by atoms with van der Waals surface area (Å²) in [6.45, 7) is 1.10. The first kappa shape index (κ1) is 14.2. The Kier molecular flexibility index (Phi) is 4.23. The molecule has 0 saturated heterocycles. The van der Waals surface area contributed by atoms with E-state index in [2.05, 4.69) is 10.0 Å². The molecule has 1 aliphatic rings. The average Bonchev–Trinajstić information content (AvgIpc) is 2.94. The predicted molar refractivity (Wildman–Crippen MR) is 82.5 cm³/mol. The highest BCUT2D eigenvalue weighted by Gasteiger charge is 2.21. The van der Waals surface area contributed by atoms with E-state index >= 15 is 0 Å². The van der Waals surface area contributed by atoms with Gasteiger partial charge in [-0.05, 0) is 41.3 Å². The highest BCUT2D eigenvalue weighted by molar-refractivity contribution is 7.89. The summed E-state index contributed by atoms with van der Waals surface area (Å²) in [6.07, 6.45) is 2.47. The van der Waals surface area contributed by atoms with Gasteiger partial charge in [-0.2, -0.15) is 11.3 Å². The average molecular weight is 328 g/mol. The van der Waals surface area contributed by atoms with Crippen LogP contribution in [0.5, 0.6) is 0 Å². The molecular formula is C13H16N2O2S3. The second kappa shape index (κ2) is 5.95. The van der Waals surface area contributed by atoms with Crippen LogP contribution in [0.2, 0.25) is 0 Å². The highest BCUT2D eigenvalue weighted by Crippen LogP contribution is 2.23. The van der Waals surface area contributed by atoms with Gasteiger partial charge in [-0.25, -0.2) is 13.1 Å². The first-order valence-corrected chi connectivity index (χ1v) is 9.75. The smallest absolute Gasteiger partial charge is 0.241 e. The molecule has 2 N–H and O–H groups in total. The second-order valence-corrected chi connectivity index (χ2v) is 8.40. The van der Waals surface area contributed by atoms with Crippen molar-refractivity contribution >= 4 is 32.7 Å². The molecule has 1 fully saturated rings. The molecule has 0 amide bonds. The lowest BCUT2D eigenvalue weighted by atomic mass is 10.4. The van der Waals surface area contributed by atoms with Gasteiger partial charge in [-0.1, -0.05) is 0 Å². The summed E-state index contributed by atoms with van der Waals surface area (Å²) in [4.78, 5) is 1.43. The van der Waals surface area contributed by atoms with E-state index in [0.29, 0.717) is 17.5 Å². The van der Waals surface area contributed by atoms with Crippen LogP contribution in [-0.4, -0.2) is 14.5 Å². The number of thiophene rings is 2. The minimum atomic E-state index is -3.40. The van der Waals surface area contributed by atoms with E-state index in [1.165, 1.54) is 24.2 Å². The first-order chi connectivity index (χ1) is 9.63. The monoisotopic (exact) mass is 328 g/mol. The Balaban J connectivity index is 1.61. The number of hydrogen-bond donors (Lipinski definition) is 2. The van der Waals surface area contributed by atoms with E-state index in [9.17, 15) is 8.42 Å². The zero-order valence-corrected chi connectivity index (χ0v) is 13.3. The molecule has 4 nitrogen and oxygen atoms in total. The lowest BCUT2D eigenvalue weighted by Crippen LogP contribution is -2.22. The van der Waals surface area contributed by atoms with Crippen molar-refractivity contribution in [3.63, 3.8) is 0 Å². The van der Waals surface area contributed by atoms with Crippen LogP contribution in [0.3, 0.4) is 0 Å². The van der Waals surface area contributed by atoms with Gasteiger partial charge in [0.1, 0.15) is 0 Å². The standard InChI is InChI=1S/C13H16N2O2S3/c16-20(17,15-6-10-3-4-18-8-10)13-5-12(19-9-13)7-14-11-1-2-11/h3-5,8-9,11,14-15H,1-2,6-7H2. The van der Waals surface area contributed by atoms with Crippen LogP contribution in [0.15, 0.2) is 33.2 Å². The third-order valence-corrected chi connectivity index (χ3v) is 6.33. The Bertz CT molecular complexity index is 658. The van der Waals surface area contributed by atoms with E-state index in [1.807, 2.05) is 16.8 Å². The lowest BCUT2D eigenvalue weighted by Gasteiger charge is -2.03. The molecule has 0 spiro atoms. The molecule has 7 heteroatoms. The van der Waals surface area contributed by atoms with Crippen molar-refractivity contribution in [1.29, 1.82) is 0 Å². The van der Waals surface area contributed by atoms with Gasteiger partial charge in [0.25, 0.3) is 0 Å². The van der Waals surface area contributed by atoms with Crippen LogP contribution in [0.4, 0.5) is 0 Å². The van der Waals surface area contributed by atoms with E-state index in [-0.39, 0.29) is 0 Å². The summed E-state index contributed by atoms with van der Waals surface area (Å²) < 4.78 is 27.0. The molecular weight excluding hydrogens is 312 g/mol. The molecule has 2 aromatic rings. The Labute approximate surface area is 126 Å². The van der Waals surface area contributed by atoms with E-state index in [0.717, 1.165) is 17.0 Å². The van der Waals surface area contributed by atoms with Gasteiger partial charge in [0.15, 0.2) is 0 Å². The maximum absolute atomic E-state index is 12.2. The maximum Gasteiger partial charge on any atom is 0.241 e. The fourth-order valence-corrected chi connectivity index (χ4v) is 4.69. The van der Waals surface area contributed by atoms with E-state index in [4.69, 9.17) is 0 Å². The van der Waals surface area contributed by atoms with E-state index in [1.54, 1.807) is 22.8 Å². The number of nitrogens with one attached hydrogen (secondary N) is 2. The van der Waals surface area contributed by atoms with Crippen LogP contribution in [-0.2, 0) is 23.1 Å². The number of sulfonamides is 1. The van der Waals surface area contributed by atoms with Gasteiger partial charge in [-0.3, -0.25) is 0 Å².